The summed E-state index contributed by atoms with van der Waals surface area (Å²) in [6.45, 7) is 4.26. The maximum Gasteiger partial charge on any atom is 0.149 e. The molecule has 0 bridgehead atoms. The van der Waals surface area contributed by atoms with Crippen molar-refractivity contribution in [3.05, 3.63) is 48.3 Å². The van der Waals surface area contributed by atoms with E-state index in [2.05, 4.69) is 18.9 Å². The molecule has 2 rings (SSSR count). The number of nitrogens with zero attached hydrogens (tertiary/aromatic N) is 2. The Balaban J connectivity index is 1.84. The van der Waals surface area contributed by atoms with E-state index in [1.165, 1.54) is 0 Å². The van der Waals surface area contributed by atoms with E-state index >= 15 is 0 Å². The van der Waals surface area contributed by atoms with Gasteiger partial charge in [0.15, 0.2) is 0 Å². The molecule has 20 heavy (non-hydrogen) atoms. The summed E-state index contributed by atoms with van der Waals surface area (Å²) >= 11 is 1.58. The third kappa shape index (κ3) is 4.23. The normalized spacial score (nSPS) is 12.3. The fourth-order valence-corrected chi connectivity index (χ4v) is 2.62. The molecule has 0 N–H and O–H groups in total. The van der Waals surface area contributed by atoms with Crippen molar-refractivity contribution in [2.24, 2.45) is 0 Å². The highest BCUT2D eigenvalue weighted by Crippen LogP contribution is 2.17. The number of benzene rings is 1. The molecule has 1 aromatic heterocycles. The molecule has 0 fully saturated rings. The van der Waals surface area contributed by atoms with E-state index in [1.807, 2.05) is 47.3 Å². The minimum atomic E-state index is 0.216. The van der Waals surface area contributed by atoms with E-state index in [0.29, 0.717) is 18.2 Å². The van der Waals surface area contributed by atoms with E-state index in [1.54, 1.807) is 11.8 Å². The number of aromatic nitrogens is 2. The summed E-state index contributed by atoms with van der Waals surface area (Å²) in [5.41, 5.74) is 0.865. The molecule has 1 atom stereocenters. The third-order valence-corrected chi connectivity index (χ3v) is 4.30. The number of thioether (sulfide) groups is 1. The minimum absolute atomic E-state index is 0.216. The Hall–Kier alpha value is -1.55. The molecule has 0 amide bonds. The average Bonchev–Trinajstić information content (AvgIpc) is 2.94. The van der Waals surface area contributed by atoms with Gasteiger partial charge in [-0.1, -0.05) is 25.1 Å². The van der Waals surface area contributed by atoms with Crippen LogP contribution in [0.25, 0.3) is 0 Å². The zero-order valence-corrected chi connectivity index (χ0v) is 12.8. The summed E-state index contributed by atoms with van der Waals surface area (Å²) in [4.78, 5) is 13.1. The van der Waals surface area contributed by atoms with Gasteiger partial charge in [-0.2, -0.15) is 5.10 Å². The van der Waals surface area contributed by atoms with E-state index in [9.17, 15) is 4.79 Å². The van der Waals surface area contributed by atoms with Crippen molar-refractivity contribution in [3.63, 3.8) is 0 Å². The van der Waals surface area contributed by atoms with Crippen LogP contribution >= 0.6 is 11.8 Å². The van der Waals surface area contributed by atoms with Gasteiger partial charge >= 0.3 is 0 Å². The Bertz CT molecular complexity index is 551. The van der Waals surface area contributed by atoms with Gasteiger partial charge in [0.05, 0.1) is 17.9 Å². The van der Waals surface area contributed by atoms with Gasteiger partial charge < -0.3 is 0 Å². The number of hydrogen-bond donors (Lipinski definition) is 0. The first-order chi connectivity index (χ1) is 9.69. The van der Waals surface area contributed by atoms with Crippen LogP contribution in [0, 0.1) is 0 Å². The molecule has 1 aromatic carbocycles. The van der Waals surface area contributed by atoms with Gasteiger partial charge in [-0.25, -0.2) is 0 Å². The van der Waals surface area contributed by atoms with Crippen molar-refractivity contribution in [3.8, 4) is 0 Å². The van der Waals surface area contributed by atoms with Crippen LogP contribution in [-0.4, -0.2) is 21.3 Å². The highest BCUT2D eigenvalue weighted by molar-refractivity contribution is 8.00. The molecular weight excluding hydrogens is 268 g/mol. The molecule has 0 aliphatic rings. The van der Waals surface area contributed by atoms with Crippen LogP contribution in [0.15, 0.2) is 47.5 Å². The molecule has 0 radical (unpaired) electrons. The molecule has 3 nitrogen and oxygen atoms in total. The van der Waals surface area contributed by atoms with E-state index in [0.717, 1.165) is 17.0 Å². The Morgan fingerprint density at radius 2 is 2.05 bits per heavy atom. The number of carbonyl (C=O) groups is 1. The smallest absolute Gasteiger partial charge is 0.149 e. The van der Waals surface area contributed by atoms with Gasteiger partial charge in [-0.05, 0) is 31.5 Å². The number of ketones is 1. The van der Waals surface area contributed by atoms with Crippen LogP contribution in [0.3, 0.4) is 0 Å². The maximum atomic E-state index is 12.0. The monoisotopic (exact) mass is 288 g/mol. The van der Waals surface area contributed by atoms with Crippen LogP contribution in [-0.2, 0) is 11.2 Å². The Morgan fingerprint density at radius 1 is 1.30 bits per heavy atom. The summed E-state index contributed by atoms with van der Waals surface area (Å²) in [7, 11) is 0. The van der Waals surface area contributed by atoms with Gasteiger partial charge in [0.25, 0.3) is 0 Å². The average molecular weight is 288 g/mol. The molecule has 0 spiro atoms. The lowest BCUT2D eigenvalue weighted by Crippen LogP contribution is -2.09. The first-order valence-corrected chi connectivity index (χ1v) is 7.91. The lowest BCUT2D eigenvalue weighted by molar-refractivity contribution is -0.116. The lowest BCUT2D eigenvalue weighted by Gasteiger charge is -2.08. The molecule has 0 aliphatic carbocycles. The largest absolute Gasteiger partial charge is 0.298 e. The number of rotatable bonds is 7. The fourth-order valence-electron chi connectivity index (χ4n) is 1.84. The molecule has 0 saturated carbocycles. The predicted octanol–water partition coefficient (Wildman–Crippen LogP) is 3.76. The van der Waals surface area contributed by atoms with Gasteiger partial charge in [-0.3, -0.25) is 9.48 Å². The molecule has 1 unspecified atom stereocenters. The summed E-state index contributed by atoms with van der Waals surface area (Å²) in [5.74, 6) is 0.716. The summed E-state index contributed by atoms with van der Waals surface area (Å²) in [6.07, 6.45) is 3.42. The second-order valence-corrected chi connectivity index (χ2v) is 5.91. The third-order valence-electron chi connectivity index (χ3n) is 3.23. The molecule has 106 valence electrons. The van der Waals surface area contributed by atoms with Crippen molar-refractivity contribution >= 4 is 17.5 Å². The maximum absolute atomic E-state index is 12.0. The fraction of sp³-hybridized carbons (Fsp3) is 0.375. The summed E-state index contributed by atoms with van der Waals surface area (Å²) < 4.78 is 1.94. The van der Waals surface area contributed by atoms with Gasteiger partial charge in [0, 0.05) is 17.1 Å². The molecule has 0 aliphatic heterocycles. The van der Waals surface area contributed by atoms with Crippen molar-refractivity contribution in [1.29, 1.82) is 0 Å². The van der Waals surface area contributed by atoms with Gasteiger partial charge in [0.1, 0.15) is 5.78 Å². The standard InChI is InChI=1S/C16H20N2OS/c1-3-13(2)18-10-9-14(17-18)11-15(19)12-20-16-7-5-4-6-8-16/h4-10,13H,3,11-12H2,1-2H3. The Kier molecular flexibility index (Phi) is 5.41. The van der Waals surface area contributed by atoms with Gasteiger partial charge in [-0.15, -0.1) is 11.8 Å². The quantitative estimate of drug-likeness (QED) is 0.728. The van der Waals surface area contributed by atoms with Crippen LogP contribution in [0.2, 0.25) is 0 Å². The first kappa shape index (κ1) is 14.9. The molecular formula is C16H20N2OS. The topological polar surface area (TPSA) is 34.9 Å². The molecule has 2 aromatic rings. The number of hydrogen-bond acceptors (Lipinski definition) is 3. The van der Waals surface area contributed by atoms with Crippen molar-refractivity contribution in [2.75, 3.05) is 5.75 Å². The Labute approximate surface area is 124 Å². The highest BCUT2D eigenvalue weighted by Gasteiger charge is 2.09. The van der Waals surface area contributed by atoms with Gasteiger partial charge in [0.2, 0.25) is 0 Å². The van der Waals surface area contributed by atoms with Crippen LogP contribution in [0.4, 0.5) is 0 Å². The Morgan fingerprint density at radius 3 is 2.75 bits per heavy atom. The minimum Gasteiger partial charge on any atom is -0.298 e. The molecule has 4 heteroatoms. The molecule has 1 heterocycles. The highest BCUT2D eigenvalue weighted by atomic mass is 32.2. The predicted molar refractivity (Wildman–Crippen MR) is 83.1 cm³/mol. The first-order valence-electron chi connectivity index (χ1n) is 6.92. The molecule has 0 saturated heterocycles. The second-order valence-electron chi connectivity index (χ2n) is 4.86. The number of carbonyl (C=O) groups excluding carboxylic acids is 1. The van der Waals surface area contributed by atoms with Crippen LogP contribution in [0.5, 0.6) is 0 Å². The van der Waals surface area contributed by atoms with Crippen molar-refractivity contribution in [1.82, 2.24) is 9.78 Å². The van der Waals surface area contributed by atoms with Crippen molar-refractivity contribution < 1.29 is 4.79 Å². The van der Waals surface area contributed by atoms with Crippen molar-refractivity contribution in [2.45, 2.75) is 37.6 Å². The van der Waals surface area contributed by atoms with E-state index < -0.39 is 0 Å². The summed E-state index contributed by atoms with van der Waals surface area (Å²) in [6, 6.07) is 12.3. The van der Waals surface area contributed by atoms with Crippen LogP contribution < -0.4 is 0 Å². The SMILES string of the molecule is CCC(C)n1ccc(CC(=O)CSc2ccccc2)n1. The zero-order valence-electron chi connectivity index (χ0n) is 12.0. The van der Waals surface area contributed by atoms with E-state index in [-0.39, 0.29) is 5.78 Å². The lowest BCUT2D eigenvalue weighted by atomic mass is 10.2. The van der Waals surface area contributed by atoms with E-state index in [4.69, 9.17) is 0 Å². The second kappa shape index (κ2) is 7.29. The van der Waals surface area contributed by atoms with Crippen LogP contribution in [0.1, 0.15) is 32.0 Å². The number of Topliss-reactive ketones (excluding diaryl/α,β-unsaturated/α-hetero) is 1. The zero-order chi connectivity index (χ0) is 14.4. The summed E-state index contributed by atoms with van der Waals surface area (Å²) in [5, 5.41) is 4.46.